The molecule has 0 aliphatic carbocycles. The van der Waals surface area contributed by atoms with Crippen molar-refractivity contribution in [1.29, 1.82) is 0 Å². The molecule has 0 bridgehead atoms. The number of rotatable bonds is 1. The van der Waals surface area contributed by atoms with Gasteiger partial charge in [-0.25, -0.2) is 4.98 Å². The van der Waals surface area contributed by atoms with E-state index in [0.717, 1.165) is 11.4 Å². The summed E-state index contributed by atoms with van der Waals surface area (Å²) < 4.78 is 4.69. The predicted octanol–water partition coefficient (Wildman–Crippen LogP) is 1.44. The van der Waals surface area contributed by atoms with Crippen LogP contribution in [0.5, 0.6) is 0 Å². The van der Waals surface area contributed by atoms with E-state index in [1.807, 2.05) is 6.92 Å². The fourth-order valence-electron chi connectivity index (χ4n) is 0.932. The predicted molar refractivity (Wildman–Crippen MR) is 42.3 cm³/mol. The first-order chi connectivity index (χ1) is 5.86. The molecule has 0 unspecified atom stereocenters. The van der Waals surface area contributed by atoms with Gasteiger partial charge in [0.1, 0.15) is 17.7 Å². The van der Waals surface area contributed by atoms with Gasteiger partial charge in [0.2, 0.25) is 0 Å². The molecule has 2 rings (SSSR count). The van der Waals surface area contributed by atoms with Crippen LogP contribution in [0.25, 0.3) is 11.4 Å². The molecule has 0 aliphatic rings. The van der Waals surface area contributed by atoms with Crippen LogP contribution in [0.4, 0.5) is 0 Å². The van der Waals surface area contributed by atoms with Crippen molar-refractivity contribution >= 4 is 0 Å². The van der Waals surface area contributed by atoms with Crippen LogP contribution in [0.15, 0.2) is 29.2 Å². The number of aromatic nitrogens is 3. The zero-order valence-electron chi connectivity index (χ0n) is 6.56. The quantitative estimate of drug-likeness (QED) is 0.635. The summed E-state index contributed by atoms with van der Waals surface area (Å²) in [6, 6.07) is 1.75. The first-order valence-electron chi connectivity index (χ1n) is 3.55. The summed E-state index contributed by atoms with van der Waals surface area (Å²) in [4.78, 5) is 8.23. The summed E-state index contributed by atoms with van der Waals surface area (Å²) in [6.07, 6.45) is 4.87. The van der Waals surface area contributed by atoms with Crippen molar-refractivity contribution in [3.63, 3.8) is 0 Å². The van der Waals surface area contributed by atoms with Crippen molar-refractivity contribution < 1.29 is 4.52 Å². The molecule has 2 heterocycles. The Morgan fingerprint density at radius 1 is 1.25 bits per heavy atom. The fourth-order valence-corrected chi connectivity index (χ4v) is 0.932. The molecule has 60 valence electrons. The van der Waals surface area contributed by atoms with E-state index in [1.165, 1.54) is 6.26 Å². The summed E-state index contributed by atoms with van der Waals surface area (Å²) in [5, 5.41) is 3.75. The standard InChI is InChI=1S/C8H7N3O/c1-6-4-9-5-8(10-6)7-2-3-12-11-7/h2-5H,1H3. The smallest absolute Gasteiger partial charge is 0.133 e. The summed E-state index contributed by atoms with van der Waals surface area (Å²) in [6.45, 7) is 1.89. The Bertz CT molecular complexity index is 370. The van der Waals surface area contributed by atoms with Crippen molar-refractivity contribution in [3.8, 4) is 11.4 Å². The van der Waals surface area contributed by atoms with Crippen LogP contribution < -0.4 is 0 Å². The third-order valence-corrected chi connectivity index (χ3v) is 1.46. The molecule has 4 nitrogen and oxygen atoms in total. The second-order valence-electron chi connectivity index (χ2n) is 2.43. The van der Waals surface area contributed by atoms with Crippen LogP contribution in [0.2, 0.25) is 0 Å². The van der Waals surface area contributed by atoms with Crippen LogP contribution in [0, 0.1) is 6.92 Å². The molecule has 0 radical (unpaired) electrons. The summed E-state index contributed by atoms with van der Waals surface area (Å²) in [5.74, 6) is 0. The van der Waals surface area contributed by atoms with E-state index in [-0.39, 0.29) is 0 Å². The molecule has 0 amide bonds. The Balaban J connectivity index is 2.48. The van der Waals surface area contributed by atoms with Gasteiger partial charge in [-0.1, -0.05) is 5.16 Å². The summed E-state index contributed by atoms with van der Waals surface area (Å²) in [5.41, 5.74) is 2.32. The van der Waals surface area contributed by atoms with E-state index >= 15 is 0 Å². The van der Waals surface area contributed by atoms with Crippen molar-refractivity contribution in [1.82, 2.24) is 15.1 Å². The number of hydrogen-bond donors (Lipinski definition) is 0. The Hall–Kier alpha value is -1.71. The molecule has 0 atom stereocenters. The van der Waals surface area contributed by atoms with Gasteiger partial charge < -0.3 is 4.52 Å². The highest BCUT2D eigenvalue weighted by Gasteiger charge is 2.01. The van der Waals surface area contributed by atoms with Crippen LogP contribution in [-0.4, -0.2) is 15.1 Å². The van der Waals surface area contributed by atoms with Crippen molar-refractivity contribution in [2.24, 2.45) is 0 Å². The molecule has 2 aromatic rings. The van der Waals surface area contributed by atoms with Gasteiger partial charge >= 0.3 is 0 Å². The topological polar surface area (TPSA) is 51.8 Å². The number of aryl methyl sites for hydroxylation is 1. The maximum absolute atomic E-state index is 4.69. The molecule has 0 fully saturated rings. The lowest BCUT2D eigenvalue weighted by Crippen LogP contribution is -1.88. The minimum absolute atomic E-state index is 0.714. The Labute approximate surface area is 69.3 Å². The molecule has 0 saturated carbocycles. The zero-order chi connectivity index (χ0) is 8.39. The van der Waals surface area contributed by atoms with Crippen molar-refractivity contribution in [3.05, 3.63) is 30.4 Å². The van der Waals surface area contributed by atoms with E-state index < -0.39 is 0 Å². The SMILES string of the molecule is Cc1cncc(-c2ccon2)n1. The lowest BCUT2D eigenvalue weighted by molar-refractivity contribution is 0.422. The van der Waals surface area contributed by atoms with Gasteiger partial charge in [-0.05, 0) is 6.92 Å². The minimum atomic E-state index is 0.714. The van der Waals surface area contributed by atoms with E-state index in [4.69, 9.17) is 4.52 Å². The molecule has 0 aliphatic heterocycles. The third-order valence-electron chi connectivity index (χ3n) is 1.46. The average Bonchev–Trinajstić information content (AvgIpc) is 2.56. The van der Waals surface area contributed by atoms with Crippen LogP contribution >= 0.6 is 0 Å². The molecule has 2 aromatic heterocycles. The largest absolute Gasteiger partial charge is 0.364 e. The number of nitrogens with zero attached hydrogens (tertiary/aromatic N) is 3. The highest BCUT2D eigenvalue weighted by atomic mass is 16.5. The van der Waals surface area contributed by atoms with Gasteiger partial charge in [-0.3, -0.25) is 4.98 Å². The van der Waals surface area contributed by atoms with E-state index in [2.05, 4.69) is 15.1 Å². The molecule has 4 heteroatoms. The molecule has 0 saturated heterocycles. The molecular formula is C8H7N3O. The lowest BCUT2D eigenvalue weighted by atomic mass is 10.3. The maximum Gasteiger partial charge on any atom is 0.133 e. The average molecular weight is 161 g/mol. The van der Waals surface area contributed by atoms with Gasteiger partial charge in [0.15, 0.2) is 0 Å². The van der Waals surface area contributed by atoms with Gasteiger partial charge in [0, 0.05) is 12.3 Å². The maximum atomic E-state index is 4.69. The normalized spacial score (nSPS) is 10.1. The van der Waals surface area contributed by atoms with Gasteiger partial charge in [-0.2, -0.15) is 0 Å². The third kappa shape index (κ3) is 1.18. The van der Waals surface area contributed by atoms with Crippen LogP contribution in [0.3, 0.4) is 0 Å². The Morgan fingerprint density at radius 2 is 2.17 bits per heavy atom. The van der Waals surface area contributed by atoms with Gasteiger partial charge in [0.25, 0.3) is 0 Å². The molecule has 12 heavy (non-hydrogen) atoms. The minimum Gasteiger partial charge on any atom is -0.364 e. The Morgan fingerprint density at radius 3 is 2.83 bits per heavy atom. The van der Waals surface area contributed by atoms with E-state index in [9.17, 15) is 0 Å². The van der Waals surface area contributed by atoms with Gasteiger partial charge in [0.05, 0.1) is 11.9 Å². The second kappa shape index (κ2) is 2.73. The fraction of sp³-hybridized carbons (Fsp3) is 0.125. The Kier molecular flexibility index (Phi) is 1.59. The molecule has 0 spiro atoms. The van der Waals surface area contributed by atoms with Crippen molar-refractivity contribution in [2.45, 2.75) is 6.92 Å². The van der Waals surface area contributed by atoms with Crippen molar-refractivity contribution in [2.75, 3.05) is 0 Å². The van der Waals surface area contributed by atoms with E-state index in [0.29, 0.717) is 5.69 Å². The zero-order valence-corrected chi connectivity index (χ0v) is 6.56. The number of hydrogen-bond acceptors (Lipinski definition) is 4. The van der Waals surface area contributed by atoms with Gasteiger partial charge in [-0.15, -0.1) is 0 Å². The van der Waals surface area contributed by atoms with E-state index in [1.54, 1.807) is 18.5 Å². The summed E-state index contributed by atoms with van der Waals surface area (Å²) in [7, 11) is 0. The monoisotopic (exact) mass is 161 g/mol. The molecular weight excluding hydrogens is 154 g/mol. The molecule has 0 aromatic carbocycles. The first kappa shape index (κ1) is 6.97. The first-order valence-corrected chi connectivity index (χ1v) is 3.55. The summed E-state index contributed by atoms with van der Waals surface area (Å²) >= 11 is 0. The molecule has 0 N–H and O–H groups in total. The highest BCUT2D eigenvalue weighted by Crippen LogP contribution is 2.12. The second-order valence-corrected chi connectivity index (χ2v) is 2.43. The van der Waals surface area contributed by atoms with Crippen LogP contribution in [-0.2, 0) is 0 Å². The van der Waals surface area contributed by atoms with Crippen LogP contribution in [0.1, 0.15) is 5.69 Å². The lowest BCUT2D eigenvalue weighted by Gasteiger charge is -1.94. The highest BCUT2D eigenvalue weighted by molar-refractivity contribution is 5.50.